The Morgan fingerprint density at radius 1 is 1.11 bits per heavy atom. The van der Waals surface area contributed by atoms with E-state index in [1.165, 1.54) is 37.4 Å². The Balaban J connectivity index is 1.38. The van der Waals surface area contributed by atoms with Gasteiger partial charge in [-0.3, -0.25) is 14.7 Å². The Morgan fingerprint density at radius 3 is 2.70 bits per heavy atom. The Hall–Kier alpha value is -2.79. The SMILES string of the molecule is O=c1cc(-c2cccnc2)nc(-c2ccc(CN3C[C@H]4CC[C@H]3C4)cc2)[nH]1. The lowest BCUT2D eigenvalue weighted by Gasteiger charge is -2.26. The molecule has 5 heteroatoms. The summed E-state index contributed by atoms with van der Waals surface area (Å²) in [7, 11) is 0. The number of rotatable bonds is 4. The summed E-state index contributed by atoms with van der Waals surface area (Å²) in [6.45, 7) is 2.26. The molecular formula is C22H22N4O. The van der Waals surface area contributed by atoms with Gasteiger partial charge in [-0.15, -0.1) is 0 Å². The highest BCUT2D eigenvalue weighted by molar-refractivity contribution is 5.62. The number of aromatic amines is 1. The predicted molar refractivity (Wildman–Crippen MR) is 105 cm³/mol. The summed E-state index contributed by atoms with van der Waals surface area (Å²) in [5.41, 5.74) is 3.56. The summed E-state index contributed by atoms with van der Waals surface area (Å²) in [4.78, 5) is 26.3. The van der Waals surface area contributed by atoms with Gasteiger partial charge in [-0.1, -0.05) is 24.3 Å². The van der Waals surface area contributed by atoms with Crippen LogP contribution in [-0.2, 0) is 6.54 Å². The molecule has 0 amide bonds. The third-order valence-electron chi connectivity index (χ3n) is 5.83. The molecule has 0 unspecified atom stereocenters. The van der Waals surface area contributed by atoms with Crippen LogP contribution in [0.3, 0.4) is 0 Å². The van der Waals surface area contributed by atoms with Crippen molar-refractivity contribution in [3.8, 4) is 22.6 Å². The predicted octanol–water partition coefficient (Wildman–Crippen LogP) is 3.48. The minimum Gasteiger partial charge on any atom is -0.306 e. The molecule has 1 aromatic carbocycles. The Labute approximate surface area is 158 Å². The van der Waals surface area contributed by atoms with Crippen molar-refractivity contribution < 1.29 is 0 Å². The van der Waals surface area contributed by atoms with Gasteiger partial charge in [0.1, 0.15) is 5.82 Å². The van der Waals surface area contributed by atoms with E-state index in [0.717, 1.165) is 29.6 Å². The van der Waals surface area contributed by atoms with Crippen molar-refractivity contribution in [2.75, 3.05) is 6.54 Å². The topological polar surface area (TPSA) is 61.9 Å². The largest absolute Gasteiger partial charge is 0.306 e. The molecule has 1 saturated heterocycles. The number of fused-ring (bicyclic) bond motifs is 2. The lowest BCUT2D eigenvalue weighted by atomic mass is 10.1. The van der Waals surface area contributed by atoms with E-state index in [0.29, 0.717) is 11.5 Å². The van der Waals surface area contributed by atoms with Gasteiger partial charge in [-0.25, -0.2) is 4.98 Å². The molecule has 5 rings (SSSR count). The quantitative estimate of drug-likeness (QED) is 0.776. The van der Waals surface area contributed by atoms with E-state index in [1.807, 2.05) is 12.1 Å². The molecule has 2 aromatic heterocycles. The number of hydrogen-bond donors (Lipinski definition) is 1. The fraction of sp³-hybridized carbons (Fsp3) is 0.318. The van der Waals surface area contributed by atoms with Crippen LogP contribution in [0.1, 0.15) is 24.8 Å². The fourth-order valence-corrected chi connectivity index (χ4v) is 4.48. The summed E-state index contributed by atoms with van der Waals surface area (Å²) in [6.07, 6.45) is 7.58. The van der Waals surface area contributed by atoms with E-state index in [1.54, 1.807) is 12.4 Å². The number of aromatic nitrogens is 3. The molecule has 5 nitrogen and oxygen atoms in total. The molecule has 1 saturated carbocycles. The lowest BCUT2D eigenvalue weighted by Crippen LogP contribution is -2.31. The van der Waals surface area contributed by atoms with Crippen molar-refractivity contribution in [1.29, 1.82) is 0 Å². The average Bonchev–Trinajstić information content (AvgIpc) is 3.32. The van der Waals surface area contributed by atoms with Crippen molar-refractivity contribution in [1.82, 2.24) is 19.9 Å². The summed E-state index contributed by atoms with van der Waals surface area (Å²) >= 11 is 0. The third kappa shape index (κ3) is 3.30. The summed E-state index contributed by atoms with van der Waals surface area (Å²) in [5.74, 6) is 1.51. The van der Waals surface area contributed by atoms with Crippen molar-refractivity contribution >= 4 is 0 Å². The first kappa shape index (κ1) is 16.4. The maximum Gasteiger partial charge on any atom is 0.251 e. The minimum atomic E-state index is -0.156. The molecule has 2 fully saturated rings. The molecule has 0 radical (unpaired) electrons. The Kier molecular flexibility index (Phi) is 4.09. The maximum absolute atomic E-state index is 12.1. The molecule has 27 heavy (non-hydrogen) atoms. The molecule has 3 aromatic rings. The second-order valence-corrected chi connectivity index (χ2v) is 7.68. The van der Waals surface area contributed by atoms with E-state index in [9.17, 15) is 4.79 Å². The zero-order chi connectivity index (χ0) is 18.2. The number of pyridine rings is 1. The molecular weight excluding hydrogens is 336 g/mol. The van der Waals surface area contributed by atoms with Gasteiger partial charge in [0.15, 0.2) is 0 Å². The van der Waals surface area contributed by atoms with Gasteiger partial charge in [0.25, 0.3) is 5.56 Å². The normalized spacial score (nSPS) is 21.6. The van der Waals surface area contributed by atoms with Gasteiger partial charge in [0.05, 0.1) is 5.69 Å². The highest BCUT2D eigenvalue weighted by Crippen LogP contribution is 2.38. The van der Waals surface area contributed by atoms with Crippen LogP contribution < -0.4 is 5.56 Å². The van der Waals surface area contributed by atoms with Gasteiger partial charge < -0.3 is 4.98 Å². The first-order valence-electron chi connectivity index (χ1n) is 9.60. The minimum absolute atomic E-state index is 0.156. The summed E-state index contributed by atoms with van der Waals surface area (Å²) in [6, 6.07) is 14.4. The molecule has 136 valence electrons. The van der Waals surface area contributed by atoms with Crippen LogP contribution >= 0.6 is 0 Å². The lowest BCUT2D eigenvalue weighted by molar-refractivity contribution is 0.205. The molecule has 0 spiro atoms. The number of benzene rings is 1. The number of hydrogen-bond acceptors (Lipinski definition) is 4. The smallest absolute Gasteiger partial charge is 0.251 e. The average molecular weight is 358 g/mol. The zero-order valence-corrected chi connectivity index (χ0v) is 15.1. The van der Waals surface area contributed by atoms with Crippen molar-refractivity contribution in [3.63, 3.8) is 0 Å². The first-order chi connectivity index (χ1) is 13.2. The van der Waals surface area contributed by atoms with E-state index >= 15 is 0 Å². The van der Waals surface area contributed by atoms with E-state index in [4.69, 9.17) is 0 Å². The standard InChI is InChI=1S/C22H22N4O/c27-21-11-20(18-2-1-9-23-12-18)24-22(25-21)17-6-3-15(4-7-17)13-26-14-16-5-8-19(26)10-16/h1-4,6-7,9,11-12,16,19H,5,8,10,13-14H2,(H,24,25,27)/t16-,19-/m0/s1. The molecule has 1 aliphatic carbocycles. The van der Waals surface area contributed by atoms with Crippen LogP contribution in [0.4, 0.5) is 0 Å². The number of piperidine rings is 1. The fourth-order valence-electron chi connectivity index (χ4n) is 4.48. The van der Waals surface area contributed by atoms with Crippen LogP contribution in [0.5, 0.6) is 0 Å². The zero-order valence-electron chi connectivity index (χ0n) is 15.1. The van der Waals surface area contributed by atoms with Gasteiger partial charge in [0, 0.05) is 48.7 Å². The molecule has 2 atom stereocenters. The molecule has 1 aliphatic heterocycles. The Bertz CT molecular complexity index is 997. The van der Waals surface area contributed by atoms with E-state index in [-0.39, 0.29) is 5.56 Å². The van der Waals surface area contributed by atoms with Crippen molar-refractivity contribution in [3.05, 3.63) is 70.8 Å². The van der Waals surface area contributed by atoms with Crippen LogP contribution in [-0.4, -0.2) is 32.4 Å². The summed E-state index contributed by atoms with van der Waals surface area (Å²) in [5, 5.41) is 0. The number of likely N-dealkylation sites (tertiary alicyclic amines) is 1. The van der Waals surface area contributed by atoms with Gasteiger partial charge in [-0.2, -0.15) is 0 Å². The van der Waals surface area contributed by atoms with Gasteiger partial charge in [-0.05, 0) is 42.9 Å². The highest BCUT2D eigenvalue weighted by Gasteiger charge is 2.37. The number of nitrogens with one attached hydrogen (secondary N) is 1. The van der Waals surface area contributed by atoms with Crippen molar-refractivity contribution in [2.24, 2.45) is 5.92 Å². The maximum atomic E-state index is 12.1. The van der Waals surface area contributed by atoms with E-state index < -0.39 is 0 Å². The van der Waals surface area contributed by atoms with E-state index in [2.05, 4.69) is 44.1 Å². The second-order valence-electron chi connectivity index (χ2n) is 7.68. The molecule has 1 N–H and O–H groups in total. The van der Waals surface area contributed by atoms with Crippen LogP contribution in [0.15, 0.2) is 59.7 Å². The first-order valence-corrected chi connectivity index (χ1v) is 9.60. The highest BCUT2D eigenvalue weighted by atomic mass is 16.1. The van der Waals surface area contributed by atoms with Gasteiger partial charge in [0.2, 0.25) is 0 Å². The van der Waals surface area contributed by atoms with Crippen molar-refractivity contribution in [2.45, 2.75) is 31.8 Å². The van der Waals surface area contributed by atoms with Crippen LogP contribution in [0, 0.1) is 5.92 Å². The van der Waals surface area contributed by atoms with Crippen LogP contribution in [0.25, 0.3) is 22.6 Å². The Morgan fingerprint density at radius 2 is 2.00 bits per heavy atom. The molecule has 3 heterocycles. The number of H-pyrrole nitrogens is 1. The second kappa shape index (κ2) is 6.74. The molecule has 2 bridgehead atoms. The van der Waals surface area contributed by atoms with Crippen LogP contribution in [0.2, 0.25) is 0 Å². The number of nitrogens with zero attached hydrogens (tertiary/aromatic N) is 3. The summed E-state index contributed by atoms with van der Waals surface area (Å²) < 4.78 is 0. The molecule has 2 aliphatic rings. The monoisotopic (exact) mass is 358 g/mol. The van der Waals surface area contributed by atoms with Gasteiger partial charge >= 0.3 is 0 Å². The third-order valence-corrected chi connectivity index (χ3v) is 5.83.